The lowest BCUT2D eigenvalue weighted by molar-refractivity contribution is 0.105. The first kappa shape index (κ1) is 10.4. The van der Waals surface area contributed by atoms with Crippen molar-refractivity contribution >= 4 is 0 Å². The average Bonchev–Trinajstić information content (AvgIpc) is 2.87. The summed E-state index contributed by atoms with van der Waals surface area (Å²) < 4.78 is 5.60. The first-order valence-corrected chi connectivity index (χ1v) is 6.21. The molecule has 0 amide bonds. The van der Waals surface area contributed by atoms with Gasteiger partial charge in [0.15, 0.2) is 0 Å². The Morgan fingerprint density at radius 1 is 1.21 bits per heavy atom. The van der Waals surface area contributed by atoms with E-state index < -0.39 is 0 Å². The van der Waals surface area contributed by atoms with Crippen molar-refractivity contribution in [2.24, 2.45) is 5.92 Å². The first-order valence-electron chi connectivity index (χ1n) is 6.21. The number of nitrogens with one attached hydrogen (secondary N) is 1. The van der Waals surface area contributed by atoms with Gasteiger partial charge in [-0.15, -0.1) is 0 Å². The number of hydrogen-bond acceptors (Lipinski definition) is 2. The van der Waals surface area contributed by atoms with E-state index in [1.54, 1.807) is 0 Å². The molecule has 1 heterocycles. The highest BCUT2D eigenvalue weighted by Crippen LogP contribution is 2.27. The van der Waals surface area contributed by atoms with Gasteiger partial charge in [-0.1, -0.05) is 12.8 Å². The third-order valence-electron chi connectivity index (χ3n) is 3.80. The SMILES string of the molecule is C[C@H](NCC1CCCO1)C1CCCC1. The van der Waals surface area contributed by atoms with E-state index in [9.17, 15) is 0 Å². The van der Waals surface area contributed by atoms with Gasteiger partial charge in [0.05, 0.1) is 6.10 Å². The van der Waals surface area contributed by atoms with Gasteiger partial charge in [-0.3, -0.25) is 0 Å². The molecule has 1 aliphatic carbocycles. The molecule has 82 valence electrons. The van der Waals surface area contributed by atoms with Gasteiger partial charge in [0.2, 0.25) is 0 Å². The second-order valence-electron chi connectivity index (χ2n) is 4.88. The normalized spacial score (nSPS) is 31.1. The molecule has 2 aliphatic rings. The predicted octanol–water partition coefficient (Wildman–Crippen LogP) is 2.33. The molecule has 2 atom stereocenters. The monoisotopic (exact) mass is 197 g/mol. The molecule has 0 radical (unpaired) electrons. The van der Waals surface area contributed by atoms with Crippen molar-refractivity contribution in [3.05, 3.63) is 0 Å². The fourth-order valence-electron chi connectivity index (χ4n) is 2.75. The molecule has 0 bridgehead atoms. The molecule has 2 fully saturated rings. The predicted molar refractivity (Wildman–Crippen MR) is 58.4 cm³/mol. The minimum atomic E-state index is 0.499. The van der Waals surface area contributed by atoms with Crippen LogP contribution in [0.3, 0.4) is 0 Å². The molecule has 1 unspecified atom stereocenters. The van der Waals surface area contributed by atoms with Crippen molar-refractivity contribution in [1.29, 1.82) is 0 Å². The summed E-state index contributed by atoms with van der Waals surface area (Å²) in [5, 5.41) is 3.64. The molecule has 1 N–H and O–H groups in total. The van der Waals surface area contributed by atoms with E-state index in [0.717, 1.165) is 19.1 Å². The Morgan fingerprint density at radius 3 is 2.64 bits per heavy atom. The van der Waals surface area contributed by atoms with E-state index in [1.807, 2.05) is 0 Å². The van der Waals surface area contributed by atoms with E-state index in [0.29, 0.717) is 12.1 Å². The van der Waals surface area contributed by atoms with Gasteiger partial charge in [0.25, 0.3) is 0 Å². The summed E-state index contributed by atoms with van der Waals surface area (Å²) in [5.41, 5.74) is 0. The number of hydrogen-bond donors (Lipinski definition) is 1. The number of ether oxygens (including phenoxy) is 1. The Balaban J connectivity index is 1.63. The second-order valence-corrected chi connectivity index (χ2v) is 4.88. The van der Waals surface area contributed by atoms with Crippen LogP contribution in [0.5, 0.6) is 0 Å². The van der Waals surface area contributed by atoms with Gasteiger partial charge in [-0.05, 0) is 38.5 Å². The lowest BCUT2D eigenvalue weighted by Crippen LogP contribution is -2.37. The summed E-state index contributed by atoms with van der Waals surface area (Å²) in [6.45, 7) is 4.38. The van der Waals surface area contributed by atoms with E-state index in [-0.39, 0.29) is 0 Å². The minimum Gasteiger partial charge on any atom is -0.377 e. The first-order chi connectivity index (χ1) is 6.86. The Morgan fingerprint density at radius 2 is 2.00 bits per heavy atom. The molecule has 2 heteroatoms. The molecular weight excluding hydrogens is 174 g/mol. The molecule has 1 saturated carbocycles. The molecule has 0 aromatic heterocycles. The molecular formula is C12H23NO. The molecule has 2 nitrogen and oxygen atoms in total. The Labute approximate surface area is 87.4 Å². The van der Waals surface area contributed by atoms with Crippen molar-refractivity contribution in [2.75, 3.05) is 13.2 Å². The van der Waals surface area contributed by atoms with Crippen molar-refractivity contribution in [3.63, 3.8) is 0 Å². The maximum absolute atomic E-state index is 5.60. The lowest BCUT2D eigenvalue weighted by Gasteiger charge is -2.22. The van der Waals surface area contributed by atoms with E-state index in [4.69, 9.17) is 4.74 Å². The lowest BCUT2D eigenvalue weighted by atomic mass is 10.00. The quantitative estimate of drug-likeness (QED) is 0.747. The second kappa shape index (κ2) is 5.13. The Bertz CT molecular complexity index is 160. The van der Waals surface area contributed by atoms with Crippen molar-refractivity contribution in [1.82, 2.24) is 5.32 Å². The maximum Gasteiger partial charge on any atom is 0.0700 e. The topological polar surface area (TPSA) is 21.3 Å². The van der Waals surface area contributed by atoms with Crippen LogP contribution in [-0.4, -0.2) is 25.3 Å². The van der Waals surface area contributed by atoms with E-state index in [2.05, 4.69) is 12.2 Å². The largest absolute Gasteiger partial charge is 0.377 e. The zero-order valence-electron chi connectivity index (χ0n) is 9.30. The van der Waals surface area contributed by atoms with Crippen molar-refractivity contribution in [2.45, 2.75) is 57.6 Å². The standard InChI is InChI=1S/C12H23NO/c1-10(11-5-2-3-6-11)13-9-12-7-4-8-14-12/h10-13H,2-9H2,1H3/t10-,12?/m0/s1. The number of rotatable bonds is 4. The minimum absolute atomic E-state index is 0.499. The van der Waals surface area contributed by atoms with Crippen molar-refractivity contribution in [3.8, 4) is 0 Å². The summed E-state index contributed by atoms with van der Waals surface area (Å²) in [5.74, 6) is 0.927. The highest BCUT2D eigenvalue weighted by atomic mass is 16.5. The third-order valence-corrected chi connectivity index (χ3v) is 3.80. The van der Waals surface area contributed by atoms with Gasteiger partial charge in [-0.25, -0.2) is 0 Å². The summed E-state index contributed by atoms with van der Waals surface area (Å²) in [4.78, 5) is 0. The van der Waals surface area contributed by atoms with Gasteiger partial charge < -0.3 is 10.1 Å². The van der Waals surface area contributed by atoms with Gasteiger partial charge >= 0.3 is 0 Å². The van der Waals surface area contributed by atoms with Gasteiger partial charge in [-0.2, -0.15) is 0 Å². The van der Waals surface area contributed by atoms with Crippen LogP contribution in [0.15, 0.2) is 0 Å². The van der Waals surface area contributed by atoms with E-state index >= 15 is 0 Å². The van der Waals surface area contributed by atoms with Crippen LogP contribution >= 0.6 is 0 Å². The fourth-order valence-corrected chi connectivity index (χ4v) is 2.75. The van der Waals surface area contributed by atoms with Crippen LogP contribution in [-0.2, 0) is 4.74 Å². The van der Waals surface area contributed by atoms with Crippen LogP contribution in [0.4, 0.5) is 0 Å². The maximum atomic E-state index is 5.60. The summed E-state index contributed by atoms with van der Waals surface area (Å²) in [6, 6.07) is 0.696. The van der Waals surface area contributed by atoms with Crippen molar-refractivity contribution < 1.29 is 4.74 Å². The Hall–Kier alpha value is -0.0800. The van der Waals surface area contributed by atoms with E-state index in [1.165, 1.54) is 38.5 Å². The molecule has 0 aromatic rings. The highest BCUT2D eigenvalue weighted by molar-refractivity contribution is 4.79. The van der Waals surface area contributed by atoms with Crippen LogP contribution in [0.25, 0.3) is 0 Å². The third kappa shape index (κ3) is 2.71. The molecule has 1 aliphatic heterocycles. The molecule has 1 saturated heterocycles. The van der Waals surface area contributed by atoms with Gasteiger partial charge in [0, 0.05) is 19.2 Å². The van der Waals surface area contributed by atoms with Crippen LogP contribution in [0.1, 0.15) is 45.4 Å². The zero-order chi connectivity index (χ0) is 9.80. The molecule has 0 aromatic carbocycles. The molecule has 2 rings (SSSR count). The summed E-state index contributed by atoms with van der Waals surface area (Å²) >= 11 is 0. The Kier molecular flexibility index (Phi) is 3.82. The summed E-state index contributed by atoms with van der Waals surface area (Å²) in [7, 11) is 0. The zero-order valence-corrected chi connectivity index (χ0v) is 9.30. The smallest absolute Gasteiger partial charge is 0.0700 e. The molecule has 14 heavy (non-hydrogen) atoms. The summed E-state index contributed by atoms with van der Waals surface area (Å²) in [6.07, 6.45) is 8.75. The van der Waals surface area contributed by atoms with Crippen LogP contribution in [0.2, 0.25) is 0 Å². The van der Waals surface area contributed by atoms with Gasteiger partial charge in [0.1, 0.15) is 0 Å². The highest BCUT2D eigenvalue weighted by Gasteiger charge is 2.22. The van der Waals surface area contributed by atoms with Crippen LogP contribution in [0, 0.1) is 5.92 Å². The van der Waals surface area contributed by atoms with Crippen LogP contribution < -0.4 is 5.32 Å². The fraction of sp³-hybridized carbons (Fsp3) is 1.00. The average molecular weight is 197 g/mol. The molecule has 0 spiro atoms.